The summed E-state index contributed by atoms with van der Waals surface area (Å²) in [4.78, 5) is 0. The summed E-state index contributed by atoms with van der Waals surface area (Å²) in [5.41, 5.74) is 20.0. The van der Waals surface area contributed by atoms with Crippen molar-refractivity contribution in [2.24, 2.45) is 0 Å². The van der Waals surface area contributed by atoms with Gasteiger partial charge in [0.05, 0.1) is 11.4 Å². The fraction of sp³-hybridized carbons (Fsp3) is 0. The van der Waals surface area contributed by atoms with Gasteiger partial charge in [0, 0.05) is 11.1 Å². The van der Waals surface area contributed by atoms with E-state index >= 15 is 0 Å². The van der Waals surface area contributed by atoms with Gasteiger partial charge in [-0.1, -0.05) is 109 Å². The first-order chi connectivity index (χ1) is 19.7. The maximum absolute atomic E-state index is 6.31. The predicted molar refractivity (Wildman–Crippen MR) is 165 cm³/mol. The molecule has 4 nitrogen and oxygen atoms in total. The molecular weight excluding hydrogens is 492 g/mol. The smallest absolute Gasteiger partial charge is 0.158 e. The summed E-state index contributed by atoms with van der Waals surface area (Å²) >= 11 is 0. The van der Waals surface area contributed by atoms with Crippen molar-refractivity contribution in [1.29, 1.82) is 0 Å². The van der Waals surface area contributed by atoms with Crippen LogP contribution in [0, 0.1) is 0 Å². The van der Waals surface area contributed by atoms with Crippen molar-refractivity contribution in [3.05, 3.63) is 146 Å². The molecule has 0 amide bonds. The number of rotatable bonds is 7. The van der Waals surface area contributed by atoms with E-state index in [1.165, 1.54) is 0 Å². The molecular formula is C36H28N2O2. The summed E-state index contributed by atoms with van der Waals surface area (Å²) in [6.45, 7) is 0. The molecule has 6 aromatic carbocycles. The molecule has 0 aliphatic heterocycles. The van der Waals surface area contributed by atoms with Gasteiger partial charge in [-0.3, -0.25) is 0 Å². The Morgan fingerprint density at radius 1 is 0.325 bits per heavy atom. The summed E-state index contributed by atoms with van der Waals surface area (Å²) < 4.78 is 12.4. The number of benzene rings is 6. The Bertz CT molecular complexity index is 1600. The quantitative estimate of drug-likeness (QED) is 0.206. The lowest BCUT2D eigenvalue weighted by Gasteiger charge is -2.15. The summed E-state index contributed by atoms with van der Waals surface area (Å²) in [5, 5.41) is 0. The number of ether oxygens (including phenoxy) is 2. The van der Waals surface area contributed by atoms with Crippen LogP contribution in [0.1, 0.15) is 0 Å². The van der Waals surface area contributed by atoms with Crippen molar-refractivity contribution in [3.63, 3.8) is 0 Å². The topological polar surface area (TPSA) is 70.5 Å². The maximum atomic E-state index is 6.31. The van der Waals surface area contributed by atoms with Crippen LogP contribution in [0.3, 0.4) is 0 Å². The third kappa shape index (κ3) is 5.24. The standard InChI is InChI=1S/C36H28N2O2/c37-33-15-7-13-31(35(33)39-29-9-3-1-4-10-29)27-21-17-25(18-22-27)26-19-23-28(24-20-26)32-14-8-16-34(38)36(32)40-30-11-5-2-6-12-30/h1-24H,37-38H2. The van der Waals surface area contributed by atoms with Gasteiger partial charge in [-0.25, -0.2) is 0 Å². The lowest BCUT2D eigenvalue weighted by molar-refractivity contribution is 0.486. The summed E-state index contributed by atoms with van der Waals surface area (Å²) in [5.74, 6) is 2.80. The normalized spacial score (nSPS) is 10.7. The fourth-order valence-electron chi connectivity index (χ4n) is 4.69. The highest BCUT2D eigenvalue weighted by Gasteiger charge is 2.13. The number of hydrogen-bond donors (Lipinski definition) is 2. The molecule has 4 N–H and O–H groups in total. The molecule has 6 aromatic rings. The Hall–Kier alpha value is -5.48. The first-order valence-corrected chi connectivity index (χ1v) is 13.1. The molecule has 6 rings (SSSR count). The van der Waals surface area contributed by atoms with E-state index in [1.807, 2.05) is 97.1 Å². The summed E-state index contributed by atoms with van der Waals surface area (Å²) in [6.07, 6.45) is 0. The molecule has 0 fully saturated rings. The summed E-state index contributed by atoms with van der Waals surface area (Å²) in [6, 6.07) is 47.9. The average molecular weight is 521 g/mol. The highest BCUT2D eigenvalue weighted by atomic mass is 16.5. The van der Waals surface area contributed by atoms with Gasteiger partial charge in [-0.2, -0.15) is 0 Å². The van der Waals surface area contributed by atoms with Crippen molar-refractivity contribution in [3.8, 4) is 56.4 Å². The average Bonchev–Trinajstić information content (AvgIpc) is 3.00. The largest absolute Gasteiger partial charge is 0.455 e. The van der Waals surface area contributed by atoms with Crippen LogP contribution < -0.4 is 20.9 Å². The van der Waals surface area contributed by atoms with E-state index in [2.05, 4.69) is 48.5 Å². The second-order valence-corrected chi connectivity index (χ2v) is 9.43. The molecule has 0 bridgehead atoms. The minimum Gasteiger partial charge on any atom is -0.455 e. The predicted octanol–water partition coefficient (Wildman–Crippen LogP) is 9.44. The van der Waals surface area contributed by atoms with Gasteiger partial charge in [0.1, 0.15) is 11.5 Å². The molecule has 0 aliphatic rings. The molecule has 0 radical (unpaired) electrons. The molecule has 0 saturated carbocycles. The molecule has 0 saturated heterocycles. The van der Waals surface area contributed by atoms with Crippen LogP contribution in [0.4, 0.5) is 11.4 Å². The number of nitrogen functional groups attached to an aromatic ring is 2. The van der Waals surface area contributed by atoms with E-state index < -0.39 is 0 Å². The Morgan fingerprint density at radius 3 is 1.05 bits per heavy atom. The molecule has 0 unspecified atom stereocenters. The molecule has 194 valence electrons. The Morgan fingerprint density at radius 2 is 0.675 bits per heavy atom. The number of nitrogens with two attached hydrogens (primary N) is 2. The minimum absolute atomic E-state index is 0.596. The van der Waals surface area contributed by atoms with Gasteiger partial charge in [-0.05, 0) is 58.7 Å². The van der Waals surface area contributed by atoms with Gasteiger partial charge in [0.2, 0.25) is 0 Å². The Kier molecular flexibility index (Phi) is 6.89. The van der Waals surface area contributed by atoms with Gasteiger partial charge >= 0.3 is 0 Å². The van der Waals surface area contributed by atoms with Gasteiger partial charge in [-0.15, -0.1) is 0 Å². The molecule has 0 aliphatic carbocycles. The van der Waals surface area contributed by atoms with Crippen LogP contribution in [0.25, 0.3) is 33.4 Å². The molecule has 40 heavy (non-hydrogen) atoms. The zero-order valence-corrected chi connectivity index (χ0v) is 21.8. The minimum atomic E-state index is 0.596. The van der Waals surface area contributed by atoms with Crippen molar-refractivity contribution >= 4 is 11.4 Å². The van der Waals surface area contributed by atoms with Gasteiger partial charge < -0.3 is 20.9 Å². The van der Waals surface area contributed by atoms with E-state index in [9.17, 15) is 0 Å². The van der Waals surface area contributed by atoms with E-state index in [4.69, 9.17) is 20.9 Å². The highest BCUT2D eigenvalue weighted by Crippen LogP contribution is 2.40. The van der Waals surface area contributed by atoms with Crippen LogP contribution in [0.5, 0.6) is 23.0 Å². The van der Waals surface area contributed by atoms with Gasteiger partial charge in [0.25, 0.3) is 0 Å². The van der Waals surface area contributed by atoms with E-state index in [0.29, 0.717) is 22.9 Å². The molecule has 0 aromatic heterocycles. The summed E-state index contributed by atoms with van der Waals surface area (Å²) in [7, 11) is 0. The lowest BCUT2D eigenvalue weighted by atomic mass is 9.97. The molecule has 4 heteroatoms. The molecule has 0 atom stereocenters. The SMILES string of the molecule is Nc1cccc(-c2ccc(-c3ccc(-c4cccc(N)c4Oc4ccccc4)cc3)cc2)c1Oc1ccccc1. The van der Waals surface area contributed by atoms with Crippen molar-refractivity contribution in [2.45, 2.75) is 0 Å². The first kappa shape index (κ1) is 24.8. The molecule has 0 heterocycles. The van der Waals surface area contributed by atoms with Crippen molar-refractivity contribution in [2.75, 3.05) is 11.5 Å². The van der Waals surface area contributed by atoms with E-state index in [1.54, 1.807) is 0 Å². The van der Waals surface area contributed by atoms with Gasteiger partial charge in [0.15, 0.2) is 11.5 Å². The van der Waals surface area contributed by atoms with Crippen LogP contribution in [0.15, 0.2) is 146 Å². The number of para-hydroxylation sites is 4. The zero-order valence-electron chi connectivity index (χ0n) is 21.8. The first-order valence-electron chi connectivity index (χ1n) is 13.1. The monoisotopic (exact) mass is 520 g/mol. The lowest BCUT2D eigenvalue weighted by Crippen LogP contribution is -1.95. The third-order valence-corrected chi connectivity index (χ3v) is 6.74. The second-order valence-electron chi connectivity index (χ2n) is 9.43. The van der Waals surface area contributed by atoms with Crippen LogP contribution >= 0.6 is 0 Å². The van der Waals surface area contributed by atoms with Crippen LogP contribution in [-0.2, 0) is 0 Å². The van der Waals surface area contributed by atoms with Crippen molar-refractivity contribution in [1.82, 2.24) is 0 Å². The molecule has 0 spiro atoms. The van der Waals surface area contributed by atoms with E-state index in [-0.39, 0.29) is 0 Å². The number of anilines is 2. The maximum Gasteiger partial charge on any atom is 0.158 e. The van der Waals surface area contributed by atoms with Crippen molar-refractivity contribution < 1.29 is 9.47 Å². The third-order valence-electron chi connectivity index (χ3n) is 6.74. The van der Waals surface area contributed by atoms with Crippen LogP contribution in [-0.4, -0.2) is 0 Å². The number of hydrogen-bond acceptors (Lipinski definition) is 4. The van der Waals surface area contributed by atoms with Crippen LogP contribution in [0.2, 0.25) is 0 Å². The zero-order chi connectivity index (χ0) is 27.3. The fourth-order valence-corrected chi connectivity index (χ4v) is 4.69. The highest BCUT2D eigenvalue weighted by molar-refractivity contribution is 5.81. The second kappa shape index (κ2) is 11.1. The Balaban J connectivity index is 1.26. The Labute approximate surface area is 234 Å². The van der Waals surface area contributed by atoms with E-state index in [0.717, 1.165) is 44.9 Å².